The number of H-pyrrole nitrogens is 1. The molecule has 2 atom stereocenters. The molecule has 6 heteroatoms. The number of fused-ring (bicyclic) bond motifs is 1. The number of anilines is 1. The molecule has 0 spiro atoms. The van der Waals surface area contributed by atoms with E-state index in [0.717, 1.165) is 36.1 Å². The molecule has 1 aromatic carbocycles. The van der Waals surface area contributed by atoms with Crippen LogP contribution in [0.15, 0.2) is 24.3 Å². The van der Waals surface area contributed by atoms with Crippen LogP contribution in [-0.4, -0.2) is 42.0 Å². The summed E-state index contributed by atoms with van der Waals surface area (Å²) in [5.74, 6) is 1.02. The summed E-state index contributed by atoms with van der Waals surface area (Å²) in [7, 11) is 1.60. The molecule has 1 fully saturated rings. The molecular weight excluding hydrogens is 316 g/mol. The number of carbonyl (C=O) groups excluding carboxylic acids is 2. The summed E-state index contributed by atoms with van der Waals surface area (Å²) >= 11 is 0. The standard InChI is InChI=1S/C19H26N4O2/c1-12-6-7-23(11-13(2)8-12)19(25)21-15-4-5-16-14(9-15)10-17(22-16)18(24)20-3/h4-5,9-10,12-13,22H,6-8,11H2,1-3H3,(H,20,24)(H,21,25). The van der Waals surface area contributed by atoms with Crippen molar-refractivity contribution in [3.63, 3.8) is 0 Å². The molecule has 0 saturated carbocycles. The van der Waals surface area contributed by atoms with Crippen molar-refractivity contribution >= 4 is 28.5 Å². The molecule has 3 N–H and O–H groups in total. The van der Waals surface area contributed by atoms with Gasteiger partial charge in [-0.15, -0.1) is 0 Å². The molecule has 1 aromatic heterocycles. The number of hydrogen-bond acceptors (Lipinski definition) is 2. The molecule has 1 aliphatic heterocycles. The molecule has 2 unspecified atom stereocenters. The van der Waals surface area contributed by atoms with Gasteiger partial charge in [-0.2, -0.15) is 0 Å². The first-order valence-electron chi connectivity index (χ1n) is 8.87. The van der Waals surface area contributed by atoms with E-state index in [1.165, 1.54) is 6.42 Å². The number of amides is 3. The van der Waals surface area contributed by atoms with Crippen LogP contribution in [0.5, 0.6) is 0 Å². The quantitative estimate of drug-likeness (QED) is 0.782. The minimum atomic E-state index is -0.158. The highest BCUT2D eigenvalue weighted by Crippen LogP contribution is 2.23. The molecule has 2 aromatic rings. The van der Waals surface area contributed by atoms with E-state index in [1.54, 1.807) is 13.1 Å². The normalized spacial score (nSPS) is 21.0. The average molecular weight is 342 g/mol. The molecule has 1 saturated heterocycles. The van der Waals surface area contributed by atoms with Crippen LogP contribution >= 0.6 is 0 Å². The maximum atomic E-state index is 12.6. The number of aromatic nitrogens is 1. The van der Waals surface area contributed by atoms with Gasteiger partial charge in [0.15, 0.2) is 0 Å². The molecule has 3 rings (SSSR count). The number of carbonyl (C=O) groups is 2. The van der Waals surface area contributed by atoms with Crippen molar-refractivity contribution in [3.8, 4) is 0 Å². The molecule has 6 nitrogen and oxygen atoms in total. The Labute approximate surface area is 148 Å². The number of nitrogens with zero attached hydrogens (tertiary/aromatic N) is 1. The van der Waals surface area contributed by atoms with Gasteiger partial charge in [0.1, 0.15) is 5.69 Å². The molecule has 134 valence electrons. The van der Waals surface area contributed by atoms with E-state index in [0.29, 0.717) is 17.5 Å². The Bertz CT molecular complexity index is 783. The Hall–Kier alpha value is -2.50. The van der Waals surface area contributed by atoms with Gasteiger partial charge in [0.25, 0.3) is 5.91 Å². The van der Waals surface area contributed by atoms with Crippen LogP contribution in [0.25, 0.3) is 10.9 Å². The molecule has 25 heavy (non-hydrogen) atoms. The summed E-state index contributed by atoms with van der Waals surface area (Å²) in [6.07, 6.45) is 2.21. The number of benzene rings is 1. The Kier molecular flexibility index (Phi) is 4.97. The fraction of sp³-hybridized carbons (Fsp3) is 0.474. The first kappa shape index (κ1) is 17.3. The second kappa shape index (κ2) is 7.17. The van der Waals surface area contributed by atoms with Gasteiger partial charge in [0.05, 0.1) is 0 Å². The molecular formula is C19H26N4O2. The number of nitrogens with one attached hydrogen (secondary N) is 3. The number of urea groups is 1. The Morgan fingerprint density at radius 2 is 2.00 bits per heavy atom. The predicted octanol–water partition coefficient (Wildman–Crippen LogP) is 3.43. The van der Waals surface area contributed by atoms with Crippen molar-refractivity contribution in [2.75, 3.05) is 25.5 Å². The van der Waals surface area contributed by atoms with Crippen molar-refractivity contribution in [1.82, 2.24) is 15.2 Å². The highest BCUT2D eigenvalue weighted by atomic mass is 16.2. The van der Waals surface area contributed by atoms with Gasteiger partial charge >= 0.3 is 6.03 Å². The predicted molar refractivity (Wildman–Crippen MR) is 99.8 cm³/mol. The Morgan fingerprint density at radius 3 is 2.76 bits per heavy atom. The zero-order valence-corrected chi connectivity index (χ0v) is 15.1. The first-order valence-corrected chi connectivity index (χ1v) is 8.87. The van der Waals surface area contributed by atoms with Crippen molar-refractivity contribution in [3.05, 3.63) is 30.0 Å². The second-order valence-corrected chi connectivity index (χ2v) is 7.18. The Morgan fingerprint density at radius 1 is 1.20 bits per heavy atom. The van der Waals surface area contributed by atoms with Crippen molar-refractivity contribution in [2.45, 2.75) is 26.7 Å². The van der Waals surface area contributed by atoms with Crippen LogP contribution in [0.1, 0.15) is 37.2 Å². The van der Waals surface area contributed by atoms with Gasteiger partial charge in [-0.25, -0.2) is 4.79 Å². The minimum Gasteiger partial charge on any atom is -0.354 e. The summed E-state index contributed by atoms with van der Waals surface area (Å²) in [5, 5.41) is 6.49. The summed E-state index contributed by atoms with van der Waals surface area (Å²) in [4.78, 5) is 29.3. The number of aromatic amines is 1. The van der Waals surface area contributed by atoms with Crippen molar-refractivity contribution < 1.29 is 9.59 Å². The third-order valence-corrected chi connectivity index (χ3v) is 4.86. The van der Waals surface area contributed by atoms with Crippen LogP contribution in [0.3, 0.4) is 0 Å². The molecule has 0 aliphatic carbocycles. The highest BCUT2D eigenvalue weighted by molar-refractivity contribution is 5.99. The lowest BCUT2D eigenvalue weighted by atomic mass is 9.97. The number of hydrogen-bond donors (Lipinski definition) is 3. The van der Waals surface area contributed by atoms with Crippen LogP contribution in [0.4, 0.5) is 10.5 Å². The average Bonchev–Trinajstić information content (AvgIpc) is 2.92. The number of rotatable bonds is 2. The number of likely N-dealkylation sites (tertiary alicyclic amines) is 1. The summed E-state index contributed by atoms with van der Waals surface area (Å²) in [6.45, 7) is 6.05. The fourth-order valence-electron chi connectivity index (χ4n) is 3.58. The fourth-order valence-corrected chi connectivity index (χ4v) is 3.58. The summed E-state index contributed by atoms with van der Waals surface area (Å²) in [6, 6.07) is 7.36. The molecule has 2 heterocycles. The summed E-state index contributed by atoms with van der Waals surface area (Å²) in [5.41, 5.74) is 2.12. The van der Waals surface area contributed by atoms with Crippen molar-refractivity contribution in [1.29, 1.82) is 0 Å². The monoisotopic (exact) mass is 342 g/mol. The van der Waals surface area contributed by atoms with E-state index >= 15 is 0 Å². The molecule has 3 amide bonds. The molecule has 0 radical (unpaired) electrons. The van der Waals surface area contributed by atoms with E-state index < -0.39 is 0 Å². The zero-order chi connectivity index (χ0) is 18.0. The first-order chi connectivity index (χ1) is 12.0. The van der Waals surface area contributed by atoms with Gasteiger partial charge in [-0.1, -0.05) is 13.8 Å². The van der Waals surface area contributed by atoms with Crippen LogP contribution in [-0.2, 0) is 0 Å². The van der Waals surface area contributed by atoms with E-state index in [4.69, 9.17) is 0 Å². The van der Waals surface area contributed by atoms with E-state index in [9.17, 15) is 9.59 Å². The van der Waals surface area contributed by atoms with Gasteiger partial charge in [0.2, 0.25) is 0 Å². The zero-order valence-electron chi connectivity index (χ0n) is 15.1. The topological polar surface area (TPSA) is 77.2 Å². The summed E-state index contributed by atoms with van der Waals surface area (Å²) < 4.78 is 0. The lowest BCUT2D eigenvalue weighted by Crippen LogP contribution is -2.37. The third kappa shape index (κ3) is 3.95. The van der Waals surface area contributed by atoms with E-state index in [1.807, 2.05) is 23.1 Å². The molecule has 0 bridgehead atoms. The largest absolute Gasteiger partial charge is 0.354 e. The van der Waals surface area contributed by atoms with Gasteiger partial charge < -0.3 is 20.5 Å². The third-order valence-electron chi connectivity index (χ3n) is 4.86. The van der Waals surface area contributed by atoms with Crippen molar-refractivity contribution in [2.24, 2.45) is 11.8 Å². The highest BCUT2D eigenvalue weighted by Gasteiger charge is 2.22. The van der Waals surface area contributed by atoms with Crippen LogP contribution in [0.2, 0.25) is 0 Å². The van der Waals surface area contributed by atoms with Gasteiger partial charge in [0, 0.05) is 36.7 Å². The van der Waals surface area contributed by atoms with Gasteiger partial charge in [-0.05, 0) is 48.9 Å². The Balaban J connectivity index is 1.73. The SMILES string of the molecule is CNC(=O)c1cc2cc(NC(=O)N3CCC(C)CC(C)C3)ccc2[nH]1. The lowest BCUT2D eigenvalue weighted by molar-refractivity contribution is 0.0959. The van der Waals surface area contributed by atoms with Crippen LogP contribution < -0.4 is 10.6 Å². The maximum absolute atomic E-state index is 12.6. The van der Waals surface area contributed by atoms with E-state index in [2.05, 4.69) is 29.5 Å². The van der Waals surface area contributed by atoms with Crippen LogP contribution in [0, 0.1) is 11.8 Å². The van der Waals surface area contributed by atoms with E-state index in [-0.39, 0.29) is 11.9 Å². The molecule has 1 aliphatic rings. The minimum absolute atomic E-state index is 0.0534. The van der Waals surface area contributed by atoms with Gasteiger partial charge in [-0.3, -0.25) is 4.79 Å². The smallest absolute Gasteiger partial charge is 0.321 e. The lowest BCUT2D eigenvalue weighted by Gasteiger charge is -2.23. The second-order valence-electron chi connectivity index (χ2n) is 7.18. The maximum Gasteiger partial charge on any atom is 0.321 e.